The first-order valence-electron chi connectivity index (χ1n) is 8.56. The van der Waals surface area contributed by atoms with Gasteiger partial charge in [0.25, 0.3) is 5.91 Å². The molecule has 1 fully saturated rings. The molecule has 3 rings (SSSR count). The molecule has 2 aromatic rings. The number of thiocarbonyl (C=S) groups is 1. The summed E-state index contributed by atoms with van der Waals surface area (Å²) in [4.78, 5) is 16.4. The van der Waals surface area contributed by atoms with E-state index in [1.165, 1.54) is 30.6 Å². The van der Waals surface area contributed by atoms with E-state index in [2.05, 4.69) is 33.4 Å². The second kappa shape index (κ2) is 8.44. The van der Waals surface area contributed by atoms with Gasteiger partial charge in [0.15, 0.2) is 10.2 Å². The van der Waals surface area contributed by atoms with E-state index in [0.717, 1.165) is 21.8 Å². The van der Waals surface area contributed by atoms with Crippen molar-refractivity contribution >= 4 is 49.9 Å². The highest BCUT2D eigenvalue weighted by Crippen LogP contribution is 2.25. The van der Waals surface area contributed by atoms with E-state index in [9.17, 15) is 4.79 Å². The topological polar surface area (TPSA) is 78.1 Å². The maximum atomic E-state index is 11.9. The van der Waals surface area contributed by atoms with Crippen molar-refractivity contribution in [2.45, 2.75) is 38.6 Å². The van der Waals surface area contributed by atoms with E-state index in [1.807, 2.05) is 24.3 Å². The number of carbonyl (C=O) groups excluding carboxylic acids is 1. The second-order valence-electron chi connectivity index (χ2n) is 6.36. The molecule has 2 atom stereocenters. The Balaban J connectivity index is 1.39. The summed E-state index contributed by atoms with van der Waals surface area (Å²) in [6.45, 7) is 2.37. The van der Waals surface area contributed by atoms with Crippen LogP contribution < -0.4 is 21.5 Å². The van der Waals surface area contributed by atoms with Gasteiger partial charge in [-0.3, -0.25) is 15.6 Å². The fraction of sp³-hybridized carbons (Fsp3) is 0.471. The number of hydrogen-bond acceptors (Lipinski definition) is 5. The van der Waals surface area contributed by atoms with E-state index in [0.29, 0.717) is 17.1 Å². The summed E-state index contributed by atoms with van der Waals surface area (Å²) in [5, 5.41) is 7.52. The number of aromatic nitrogens is 1. The van der Waals surface area contributed by atoms with E-state index in [1.54, 1.807) is 0 Å². The zero-order chi connectivity index (χ0) is 17.6. The third kappa shape index (κ3) is 5.02. The average Bonchev–Trinajstić information content (AvgIpc) is 3.03. The van der Waals surface area contributed by atoms with Crippen molar-refractivity contribution in [1.29, 1.82) is 0 Å². The molecule has 0 saturated heterocycles. The summed E-state index contributed by atoms with van der Waals surface area (Å²) >= 11 is 6.79. The fourth-order valence-corrected chi connectivity index (χ4v) is 4.07. The van der Waals surface area contributed by atoms with Crippen LogP contribution in [0.2, 0.25) is 0 Å². The van der Waals surface area contributed by atoms with E-state index >= 15 is 0 Å². The SMILES string of the molecule is C[C@@H]1CCCC[C@@H]1NC(=S)NNC(=O)CNc1nc2ccccc2s1. The van der Waals surface area contributed by atoms with Gasteiger partial charge in [-0.2, -0.15) is 0 Å². The van der Waals surface area contributed by atoms with Gasteiger partial charge in [-0.25, -0.2) is 4.98 Å². The van der Waals surface area contributed by atoms with E-state index < -0.39 is 0 Å². The van der Waals surface area contributed by atoms with Crippen molar-refractivity contribution in [3.05, 3.63) is 24.3 Å². The minimum absolute atomic E-state index is 0.134. The van der Waals surface area contributed by atoms with Crippen LogP contribution in [0.3, 0.4) is 0 Å². The smallest absolute Gasteiger partial charge is 0.257 e. The van der Waals surface area contributed by atoms with Crippen LogP contribution in [0.15, 0.2) is 24.3 Å². The number of benzene rings is 1. The molecule has 0 unspecified atom stereocenters. The molecule has 134 valence electrons. The van der Waals surface area contributed by atoms with Gasteiger partial charge in [-0.15, -0.1) is 0 Å². The Bertz CT molecular complexity index is 714. The second-order valence-corrected chi connectivity index (χ2v) is 7.79. The first-order valence-corrected chi connectivity index (χ1v) is 9.79. The largest absolute Gasteiger partial charge is 0.358 e. The number of carbonyl (C=O) groups is 1. The van der Waals surface area contributed by atoms with Crippen LogP contribution >= 0.6 is 23.6 Å². The number of nitrogens with one attached hydrogen (secondary N) is 4. The quantitative estimate of drug-likeness (QED) is 0.485. The molecule has 8 heteroatoms. The molecule has 1 amide bonds. The normalized spacial score (nSPS) is 20.0. The number of hydrogen-bond donors (Lipinski definition) is 4. The molecule has 0 bridgehead atoms. The summed E-state index contributed by atoms with van der Waals surface area (Å²) in [7, 11) is 0. The molecule has 0 radical (unpaired) electrons. The Morgan fingerprint density at radius 2 is 2.08 bits per heavy atom. The zero-order valence-corrected chi connectivity index (χ0v) is 15.8. The van der Waals surface area contributed by atoms with Crippen molar-refractivity contribution in [3.63, 3.8) is 0 Å². The molecule has 1 aliphatic rings. The third-order valence-corrected chi connectivity index (χ3v) is 5.65. The van der Waals surface area contributed by atoms with Crippen molar-refractivity contribution in [2.24, 2.45) is 5.92 Å². The van der Waals surface area contributed by atoms with E-state index in [-0.39, 0.29) is 12.5 Å². The maximum Gasteiger partial charge on any atom is 0.257 e. The van der Waals surface area contributed by atoms with Gasteiger partial charge in [-0.1, -0.05) is 43.2 Å². The monoisotopic (exact) mass is 377 g/mol. The lowest BCUT2D eigenvalue weighted by Crippen LogP contribution is -2.52. The van der Waals surface area contributed by atoms with Crippen LogP contribution in [0.5, 0.6) is 0 Å². The van der Waals surface area contributed by atoms with Gasteiger partial charge in [0.05, 0.1) is 16.8 Å². The molecule has 25 heavy (non-hydrogen) atoms. The van der Waals surface area contributed by atoms with Crippen molar-refractivity contribution < 1.29 is 4.79 Å². The molecule has 1 aromatic heterocycles. The van der Waals surface area contributed by atoms with Crippen LogP contribution in [-0.2, 0) is 4.79 Å². The lowest BCUT2D eigenvalue weighted by molar-refractivity contribution is -0.119. The zero-order valence-electron chi connectivity index (χ0n) is 14.2. The number of nitrogens with zero attached hydrogens (tertiary/aromatic N) is 1. The van der Waals surface area contributed by atoms with E-state index in [4.69, 9.17) is 12.2 Å². The molecule has 0 spiro atoms. The molecule has 1 aromatic carbocycles. The van der Waals surface area contributed by atoms with Crippen molar-refractivity contribution in [1.82, 2.24) is 21.2 Å². The Labute approximate surface area is 156 Å². The average molecular weight is 378 g/mol. The predicted molar refractivity (Wildman–Crippen MR) is 107 cm³/mol. The van der Waals surface area contributed by atoms with Crippen LogP contribution in [0.1, 0.15) is 32.6 Å². The first-order chi connectivity index (χ1) is 12.1. The lowest BCUT2D eigenvalue weighted by atomic mass is 9.86. The number of hydrazine groups is 1. The van der Waals surface area contributed by atoms with Crippen LogP contribution in [0, 0.1) is 5.92 Å². The molecular formula is C17H23N5OS2. The van der Waals surface area contributed by atoms with Gasteiger partial charge < -0.3 is 10.6 Å². The number of anilines is 1. The fourth-order valence-electron chi connectivity index (χ4n) is 3.01. The Kier molecular flexibility index (Phi) is 6.04. The van der Waals surface area contributed by atoms with Gasteiger partial charge in [0.2, 0.25) is 0 Å². The van der Waals surface area contributed by atoms with Gasteiger partial charge in [0, 0.05) is 6.04 Å². The maximum absolute atomic E-state index is 11.9. The number of thiazole rings is 1. The summed E-state index contributed by atoms with van der Waals surface area (Å²) in [5.74, 6) is 0.407. The summed E-state index contributed by atoms with van der Waals surface area (Å²) in [5.41, 5.74) is 6.32. The van der Waals surface area contributed by atoms with Crippen LogP contribution in [0.4, 0.5) is 5.13 Å². The third-order valence-electron chi connectivity index (χ3n) is 4.44. The highest BCUT2D eigenvalue weighted by Gasteiger charge is 2.21. The molecule has 6 nitrogen and oxygen atoms in total. The van der Waals surface area contributed by atoms with Crippen molar-refractivity contribution in [3.8, 4) is 0 Å². The Morgan fingerprint density at radius 1 is 1.28 bits per heavy atom. The number of amides is 1. The molecule has 0 aliphatic heterocycles. The van der Waals surface area contributed by atoms with Crippen LogP contribution in [0.25, 0.3) is 10.2 Å². The number of rotatable bonds is 4. The first kappa shape index (κ1) is 17.9. The lowest BCUT2D eigenvalue weighted by Gasteiger charge is -2.30. The highest BCUT2D eigenvalue weighted by molar-refractivity contribution is 7.80. The summed E-state index contributed by atoms with van der Waals surface area (Å²) in [6.07, 6.45) is 4.85. The molecule has 4 N–H and O–H groups in total. The predicted octanol–water partition coefficient (Wildman–Crippen LogP) is 2.78. The molecular weight excluding hydrogens is 354 g/mol. The number of fused-ring (bicyclic) bond motifs is 1. The van der Waals surface area contributed by atoms with Gasteiger partial charge in [0.1, 0.15) is 0 Å². The van der Waals surface area contributed by atoms with Gasteiger partial charge in [-0.05, 0) is 43.1 Å². The Hall–Kier alpha value is -1.93. The highest BCUT2D eigenvalue weighted by atomic mass is 32.1. The molecule has 1 heterocycles. The minimum atomic E-state index is -0.194. The standard InChI is InChI=1S/C17H23N5OS2/c1-11-6-2-3-7-12(11)19-16(24)22-21-15(23)10-18-17-20-13-8-4-5-9-14(13)25-17/h4-5,8-9,11-12H,2-3,6-7,10H2,1H3,(H,18,20)(H,21,23)(H2,19,22,24)/t11-,12+/m1/s1. The van der Waals surface area contributed by atoms with Gasteiger partial charge >= 0.3 is 0 Å². The Morgan fingerprint density at radius 3 is 2.88 bits per heavy atom. The number of para-hydroxylation sites is 1. The summed E-state index contributed by atoms with van der Waals surface area (Å²) < 4.78 is 1.09. The molecule has 1 saturated carbocycles. The summed E-state index contributed by atoms with van der Waals surface area (Å²) in [6, 6.07) is 8.27. The molecule has 1 aliphatic carbocycles. The van der Waals surface area contributed by atoms with Crippen molar-refractivity contribution in [2.75, 3.05) is 11.9 Å². The van der Waals surface area contributed by atoms with Crippen LogP contribution in [-0.4, -0.2) is 28.6 Å². The minimum Gasteiger partial charge on any atom is -0.358 e.